The van der Waals surface area contributed by atoms with Gasteiger partial charge in [-0.15, -0.1) is 10.2 Å². The van der Waals surface area contributed by atoms with E-state index in [-0.39, 0.29) is 0 Å². The zero-order chi connectivity index (χ0) is 10.6. The molecule has 0 spiro atoms. The lowest BCUT2D eigenvalue weighted by Gasteiger charge is -2.10. The Hall–Kier alpha value is -1.39. The van der Waals surface area contributed by atoms with Crippen LogP contribution in [0.1, 0.15) is 27.7 Å². The Bertz CT molecular complexity index is 259. The second-order valence-electron chi connectivity index (χ2n) is 3.80. The Morgan fingerprint density at radius 2 is 1.36 bits per heavy atom. The van der Waals surface area contributed by atoms with Crippen LogP contribution in [-0.2, 0) is 0 Å². The summed E-state index contributed by atoms with van der Waals surface area (Å²) in [5.41, 5.74) is 0. The van der Waals surface area contributed by atoms with Gasteiger partial charge >= 0.3 is 0 Å². The molecule has 0 atom stereocenters. The van der Waals surface area contributed by atoms with Crippen LogP contribution in [0.5, 0.6) is 0 Å². The van der Waals surface area contributed by atoms with E-state index in [1.807, 2.05) is 6.07 Å². The Labute approximate surface area is 84.3 Å². The van der Waals surface area contributed by atoms with Crippen LogP contribution in [0.3, 0.4) is 0 Å². The molecular formula is C9H17N5. The van der Waals surface area contributed by atoms with Crippen LogP contribution in [-0.4, -0.2) is 27.5 Å². The van der Waals surface area contributed by atoms with E-state index in [1.54, 1.807) is 0 Å². The highest BCUT2D eigenvalue weighted by atomic mass is 15.4. The van der Waals surface area contributed by atoms with Crippen molar-refractivity contribution >= 4 is 11.6 Å². The lowest BCUT2D eigenvalue weighted by molar-refractivity contribution is 0.812. The highest BCUT2D eigenvalue weighted by Crippen LogP contribution is 2.08. The van der Waals surface area contributed by atoms with Crippen molar-refractivity contribution in [2.45, 2.75) is 39.8 Å². The molecule has 0 bridgehead atoms. The SMILES string of the molecule is CC(C)Nc1cc(NC(C)C)nnn1. The minimum Gasteiger partial charge on any atom is -0.366 e. The minimum absolute atomic E-state index is 0.346. The molecule has 14 heavy (non-hydrogen) atoms. The summed E-state index contributed by atoms with van der Waals surface area (Å²) in [6.07, 6.45) is 0. The topological polar surface area (TPSA) is 62.7 Å². The number of anilines is 2. The normalized spacial score (nSPS) is 10.7. The summed E-state index contributed by atoms with van der Waals surface area (Å²) < 4.78 is 0. The molecule has 0 unspecified atom stereocenters. The number of aromatic nitrogens is 3. The van der Waals surface area contributed by atoms with E-state index < -0.39 is 0 Å². The fourth-order valence-corrected chi connectivity index (χ4v) is 1.04. The highest BCUT2D eigenvalue weighted by molar-refractivity contribution is 5.45. The molecule has 0 amide bonds. The fourth-order valence-electron chi connectivity index (χ4n) is 1.04. The van der Waals surface area contributed by atoms with Gasteiger partial charge < -0.3 is 10.6 Å². The molecule has 78 valence electrons. The van der Waals surface area contributed by atoms with Crippen LogP contribution < -0.4 is 10.6 Å². The van der Waals surface area contributed by atoms with Crippen molar-refractivity contribution in [2.75, 3.05) is 10.6 Å². The maximum atomic E-state index is 3.87. The smallest absolute Gasteiger partial charge is 0.154 e. The number of hydrogen-bond donors (Lipinski definition) is 2. The first-order valence-corrected chi connectivity index (χ1v) is 4.81. The van der Waals surface area contributed by atoms with Crippen LogP contribution in [0.4, 0.5) is 11.6 Å². The standard InChI is InChI=1S/C9H17N5/c1-6(2)10-8-5-9(11-7(3)4)13-14-12-8/h5-7H,1-4H3,(H2,10,11,12,13). The Balaban J connectivity index is 2.68. The van der Waals surface area contributed by atoms with E-state index in [9.17, 15) is 0 Å². The summed E-state index contributed by atoms with van der Waals surface area (Å²) >= 11 is 0. The van der Waals surface area contributed by atoms with Crippen molar-refractivity contribution in [1.29, 1.82) is 0 Å². The largest absolute Gasteiger partial charge is 0.366 e. The number of hydrogen-bond acceptors (Lipinski definition) is 5. The maximum absolute atomic E-state index is 3.87. The molecule has 0 saturated heterocycles. The van der Waals surface area contributed by atoms with E-state index in [1.165, 1.54) is 0 Å². The highest BCUT2D eigenvalue weighted by Gasteiger charge is 2.02. The van der Waals surface area contributed by atoms with E-state index >= 15 is 0 Å². The molecule has 1 heterocycles. The maximum Gasteiger partial charge on any atom is 0.154 e. The number of nitrogens with zero attached hydrogens (tertiary/aromatic N) is 3. The van der Waals surface area contributed by atoms with Crippen LogP contribution in [0, 0.1) is 0 Å². The number of rotatable bonds is 4. The molecule has 0 radical (unpaired) electrons. The predicted molar refractivity (Wildman–Crippen MR) is 57.3 cm³/mol. The van der Waals surface area contributed by atoms with E-state index in [0.29, 0.717) is 12.1 Å². The predicted octanol–water partition coefficient (Wildman–Crippen LogP) is 1.51. The summed E-state index contributed by atoms with van der Waals surface area (Å²) in [5, 5.41) is 17.7. The fraction of sp³-hybridized carbons (Fsp3) is 0.667. The van der Waals surface area contributed by atoms with Gasteiger partial charge in [-0.25, -0.2) is 0 Å². The lowest BCUT2D eigenvalue weighted by Crippen LogP contribution is -2.15. The molecule has 2 N–H and O–H groups in total. The summed E-state index contributed by atoms with van der Waals surface area (Å²) in [6, 6.07) is 2.55. The van der Waals surface area contributed by atoms with Crippen LogP contribution in [0.2, 0.25) is 0 Å². The van der Waals surface area contributed by atoms with E-state index in [4.69, 9.17) is 0 Å². The van der Waals surface area contributed by atoms with E-state index in [0.717, 1.165) is 11.6 Å². The van der Waals surface area contributed by atoms with Crippen molar-refractivity contribution in [2.24, 2.45) is 0 Å². The Morgan fingerprint density at radius 3 is 1.71 bits per heavy atom. The molecule has 0 saturated carbocycles. The third-order valence-electron chi connectivity index (χ3n) is 1.45. The zero-order valence-corrected chi connectivity index (χ0v) is 9.07. The van der Waals surface area contributed by atoms with Crippen LogP contribution >= 0.6 is 0 Å². The van der Waals surface area contributed by atoms with Crippen molar-refractivity contribution < 1.29 is 0 Å². The van der Waals surface area contributed by atoms with Gasteiger partial charge in [0.2, 0.25) is 0 Å². The van der Waals surface area contributed by atoms with Gasteiger partial charge in [0, 0.05) is 18.2 Å². The van der Waals surface area contributed by atoms with Crippen LogP contribution in [0.15, 0.2) is 6.07 Å². The van der Waals surface area contributed by atoms with Gasteiger partial charge in [0.15, 0.2) is 11.6 Å². The molecule has 5 heteroatoms. The zero-order valence-electron chi connectivity index (χ0n) is 9.07. The average Bonchev–Trinajstić information content (AvgIpc) is 2.01. The first-order chi connectivity index (χ1) is 6.58. The summed E-state index contributed by atoms with van der Waals surface area (Å²) in [5.74, 6) is 1.50. The first kappa shape index (κ1) is 10.7. The van der Waals surface area contributed by atoms with E-state index in [2.05, 4.69) is 53.7 Å². The van der Waals surface area contributed by atoms with Gasteiger partial charge in [-0.1, -0.05) is 0 Å². The minimum atomic E-state index is 0.346. The van der Waals surface area contributed by atoms with Gasteiger partial charge in [0.1, 0.15) is 0 Å². The Kier molecular flexibility index (Phi) is 3.62. The average molecular weight is 195 g/mol. The van der Waals surface area contributed by atoms with Crippen molar-refractivity contribution in [3.63, 3.8) is 0 Å². The third-order valence-corrected chi connectivity index (χ3v) is 1.45. The molecule has 1 aromatic heterocycles. The van der Waals surface area contributed by atoms with Crippen LogP contribution in [0.25, 0.3) is 0 Å². The Morgan fingerprint density at radius 1 is 0.929 bits per heavy atom. The molecule has 1 aromatic rings. The number of nitrogens with one attached hydrogen (secondary N) is 2. The van der Waals surface area contributed by atoms with Gasteiger partial charge in [-0.05, 0) is 32.9 Å². The molecule has 0 aromatic carbocycles. The summed E-state index contributed by atoms with van der Waals surface area (Å²) in [6.45, 7) is 8.21. The van der Waals surface area contributed by atoms with Crippen molar-refractivity contribution in [1.82, 2.24) is 15.4 Å². The molecular weight excluding hydrogens is 178 g/mol. The summed E-state index contributed by atoms with van der Waals surface area (Å²) in [4.78, 5) is 0. The van der Waals surface area contributed by atoms with Gasteiger partial charge in [0.05, 0.1) is 0 Å². The molecule has 0 fully saturated rings. The summed E-state index contributed by atoms with van der Waals surface area (Å²) in [7, 11) is 0. The molecule has 1 rings (SSSR count). The second-order valence-corrected chi connectivity index (χ2v) is 3.80. The molecule has 0 aliphatic rings. The second kappa shape index (κ2) is 4.74. The van der Waals surface area contributed by atoms with Crippen molar-refractivity contribution in [3.8, 4) is 0 Å². The molecule has 0 aliphatic heterocycles. The van der Waals surface area contributed by atoms with Gasteiger partial charge in [-0.3, -0.25) is 0 Å². The monoisotopic (exact) mass is 195 g/mol. The first-order valence-electron chi connectivity index (χ1n) is 4.81. The van der Waals surface area contributed by atoms with Crippen molar-refractivity contribution in [3.05, 3.63) is 6.07 Å². The van der Waals surface area contributed by atoms with Gasteiger partial charge in [-0.2, -0.15) is 0 Å². The van der Waals surface area contributed by atoms with Gasteiger partial charge in [0.25, 0.3) is 0 Å². The quantitative estimate of drug-likeness (QED) is 0.762. The lowest BCUT2D eigenvalue weighted by atomic mass is 10.3. The third kappa shape index (κ3) is 3.55. The molecule has 5 nitrogen and oxygen atoms in total. The molecule has 0 aliphatic carbocycles.